The summed E-state index contributed by atoms with van der Waals surface area (Å²) in [6.45, 7) is 4.48. The van der Waals surface area contributed by atoms with E-state index < -0.39 is 0 Å². The number of hydrogen-bond acceptors (Lipinski definition) is 3. The standard InChI is InChI=1S/C16H24NO3P/c1-3-8-20-16(19)14-11-7-5-4-6-10(11)13-12(9(2)21)15(18)17(13)14/h9-10,12-13H,3-8,21H2,1-2H3/t9?,10-,12?,13?/m0/s1. The molecule has 2 heterocycles. The van der Waals surface area contributed by atoms with E-state index in [4.69, 9.17) is 4.74 Å². The highest BCUT2D eigenvalue weighted by Crippen LogP contribution is 2.53. The maximum atomic E-state index is 12.5. The van der Waals surface area contributed by atoms with Gasteiger partial charge in [-0.1, -0.05) is 20.3 Å². The van der Waals surface area contributed by atoms with Crippen LogP contribution >= 0.6 is 9.24 Å². The van der Waals surface area contributed by atoms with Crippen LogP contribution in [0.15, 0.2) is 11.3 Å². The first-order chi connectivity index (χ1) is 10.1. The molecule has 21 heavy (non-hydrogen) atoms. The van der Waals surface area contributed by atoms with Crippen LogP contribution in [0, 0.1) is 11.8 Å². The van der Waals surface area contributed by atoms with E-state index in [1.54, 1.807) is 4.90 Å². The SMILES string of the molecule is CCCOC(=O)C1=C2CCCC[C@@H]2C2C(C(C)P)C(=O)N12. The summed E-state index contributed by atoms with van der Waals surface area (Å²) in [5.41, 5.74) is 2.03. The van der Waals surface area contributed by atoms with E-state index in [9.17, 15) is 9.59 Å². The molecule has 2 aliphatic heterocycles. The first-order valence-electron chi connectivity index (χ1n) is 8.06. The van der Waals surface area contributed by atoms with Gasteiger partial charge >= 0.3 is 5.97 Å². The van der Waals surface area contributed by atoms with E-state index in [-0.39, 0.29) is 29.5 Å². The number of ether oxygens (including phenoxy) is 1. The number of hydrogen-bond donors (Lipinski definition) is 0. The fourth-order valence-corrected chi connectivity index (χ4v) is 4.51. The third-order valence-corrected chi connectivity index (χ3v) is 5.42. The first-order valence-corrected chi connectivity index (χ1v) is 8.73. The zero-order chi connectivity index (χ0) is 15.1. The van der Waals surface area contributed by atoms with Crippen LogP contribution in [0.25, 0.3) is 0 Å². The Kier molecular flexibility index (Phi) is 4.09. The van der Waals surface area contributed by atoms with Gasteiger partial charge in [0.15, 0.2) is 0 Å². The van der Waals surface area contributed by atoms with Gasteiger partial charge in [-0.3, -0.25) is 4.79 Å². The largest absolute Gasteiger partial charge is 0.461 e. The molecule has 3 rings (SSSR count). The van der Waals surface area contributed by atoms with Crippen LogP contribution in [0.3, 0.4) is 0 Å². The predicted molar refractivity (Wildman–Crippen MR) is 83.5 cm³/mol. The van der Waals surface area contributed by atoms with Crippen LogP contribution in [-0.4, -0.2) is 35.1 Å². The Bertz CT molecular complexity index is 500. The maximum Gasteiger partial charge on any atom is 0.355 e. The first kappa shape index (κ1) is 15.0. The molecule has 3 aliphatic rings. The number of amides is 1. The van der Waals surface area contributed by atoms with Crippen LogP contribution in [0.5, 0.6) is 0 Å². The highest BCUT2D eigenvalue weighted by Gasteiger charge is 2.60. The third-order valence-electron chi connectivity index (χ3n) is 5.00. The Morgan fingerprint density at radius 1 is 1.48 bits per heavy atom. The molecule has 0 radical (unpaired) electrons. The van der Waals surface area contributed by atoms with Crippen LogP contribution in [-0.2, 0) is 14.3 Å². The van der Waals surface area contributed by atoms with E-state index >= 15 is 0 Å². The monoisotopic (exact) mass is 309 g/mol. The van der Waals surface area contributed by atoms with Crippen LogP contribution in [0.2, 0.25) is 0 Å². The lowest BCUT2D eigenvalue weighted by Gasteiger charge is -2.48. The number of rotatable bonds is 4. The second-order valence-corrected chi connectivity index (χ2v) is 7.50. The number of β-lactam (4-membered cyclic amide) rings is 1. The van der Waals surface area contributed by atoms with Crippen molar-refractivity contribution in [3.63, 3.8) is 0 Å². The summed E-state index contributed by atoms with van der Waals surface area (Å²) in [7, 11) is 2.75. The molecule has 0 spiro atoms. The zero-order valence-corrected chi connectivity index (χ0v) is 14.0. The fourth-order valence-electron chi connectivity index (χ4n) is 4.11. The minimum Gasteiger partial charge on any atom is -0.461 e. The normalized spacial score (nSPS) is 32.4. The molecule has 1 aliphatic carbocycles. The summed E-state index contributed by atoms with van der Waals surface area (Å²) in [5.74, 6) is 0.246. The average molecular weight is 309 g/mol. The van der Waals surface area contributed by atoms with Crippen molar-refractivity contribution < 1.29 is 14.3 Å². The van der Waals surface area contributed by atoms with Crippen molar-refractivity contribution in [2.24, 2.45) is 11.8 Å². The van der Waals surface area contributed by atoms with E-state index in [2.05, 4.69) is 16.2 Å². The van der Waals surface area contributed by atoms with E-state index in [0.29, 0.717) is 18.2 Å². The van der Waals surface area contributed by atoms with Gasteiger partial charge in [0.1, 0.15) is 5.70 Å². The second-order valence-electron chi connectivity index (χ2n) is 6.45. The average Bonchev–Trinajstić information content (AvgIpc) is 2.75. The van der Waals surface area contributed by atoms with Gasteiger partial charge in [0.2, 0.25) is 5.91 Å². The minimum atomic E-state index is -0.288. The Balaban J connectivity index is 1.90. The molecule has 5 heteroatoms. The number of nitrogens with zero attached hydrogens (tertiary/aromatic N) is 1. The van der Waals surface area contributed by atoms with Crippen molar-refractivity contribution in [2.45, 2.75) is 57.7 Å². The topological polar surface area (TPSA) is 46.6 Å². The molecular formula is C16H24NO3P. The molecule has 0 aromatic carbocycles. The molecular weight excluding hydrogens is 285 g/mol. The molecule has 0 aromatic heterocycles. The van der Waals surface area contributed by atoms with E-state index in [1.807, 2.05) is 6.92 Å². The summed E-state index contributed by atoms with van der Waals surface area (Å²) in [5, 5.41) is 0. The Morgan fingerprint density at radius 2 is 2.24 bits per heavy atom. The Hall–Kier alpha value is -0.890. The molecule has 2 fully saturated rings. The van der Waals surface area contributed by atoms with E-state index in [0.717, 1.165) is 25.7 Å². The summed E-state index contributed by atoms with van der Waals surface area (Å²) in [6, 6.07) is 0.199. The molecule has 0 aromatic rings. The molecule has 0 bridgehead atoms. The lowest BCUT2D eigenvalue weighted by Crippen LogP contribution is -2.63. The summed E-state index contributed by atoms with van der Waals surface area (Å²) < 4.78 is 5.32. The second kappa shape index (κ2) is 5.72. The van der Waals surface area contributed by atoms with E-state index in [1.165, 1.54) is 12.0 Å². The lowest BCUT2D eigenvalue weighted by atomic mass is 9.73. The molecule has 4 unspecified atom stereocenters. The Morgan fingerprint density at radius 3 is 2.90 bits per heavy atom. The maximum absolute atomic E-state index is 12.5. The quantitative estimate of drug-likeness (QED) is 0.455. The van der Waals surface area contributed by atoms with Crippen LogP contribution in [0.1, 0.15) is 46.0 Å². The van der Waals surface area contributed by atoms with Crippen LogP contribution in [0.4, 0.5) is 0 Å². The molecule has 1 saturated heterocycles. The van der Waals surface area contributed by atoms with Gasteiger partial charge in [0.25, 0.3) is 0 Å². The smallest absolute Gasteiger partial charge is 0.355 e. The fraction of sp³-hybridized carbons (Fsp3) is 0.750. The molecule has 0 N–H and O–H groups in total. The Labute approximate surface area is 128 Å². The van der Waals surface area contributed by atoms with Gasteiger partial charge in [-0.25, -0.2) is 4.79 Å². The molecule has 1 amide bonds. The van der Waals surface area contributed by atoms with Crippen molar-refractivity contribution in [1.82, 2.24) is 4.90 Å². The van der Waals surface area contributed by atoms with Gasteiger partial charge in [0.05, 0.1) is 18.6 Å². The molecule has 1 saturated carbocycles. The van der Waals surface area contributed by atoms with Crippen molar-refractivity contribution in [3.8, 4) is 0 Å². The molecule has 116 valence electrons. The van der Waals surface area contributed by atoms with Gasteiger partial charge < -0.3 is 9.64 Å². The predicted octanol–water partition coefficient (Wildman–Crippen LogP) is 2.49. The highest BCUT2D eigenvalue weighted by molar-refractivity contribution is 7.17. The van der Waals surface area contributed by atoms with Gasteiger partial charge in [-0.05, 0) is 36.9 Å². The van der Waals surface area contributed by atoms with Crippen molar-refractivity contribution in [1.29, 1.82) is 0 Å². The number of carbonyl (C=O) groups excluding carboxylic acids is 2. The lowest BCUT2D eigenvalue weighted by molar-refractivity contribution is -0.158. The van der Waals surface area contributed by atoms with Crippen molar-refractivity contribution in [3.05, 3.63) is 11.3 Å². The highest BCUT2D eigenvalue weighted by atomic mass is 31.0. The molecule has 4 nitrogen and oxygen atoms in total. The van der Waals surface area contributed by atoms with Gasteiger partial charge in [-0.15, -0.1) is 9.24 Å². The summed E-state index contributed by atoms with van der Waals surface area (Å²) in [6.07, 6.45) is 5.16. The summed E-state index contributed by atoms with van der Waals surface area (Å²) in [4.78, 5) is 26.6. The van der Waals surface area contributed by atoms with Gasteiger partial charge in [0, 0.05) is 5.92 Å². The molecule has 5 atom stereocenters. The summed E-state index contributed by atoms with van der Waals surface area (Å²) >= 11 is 0. The van der Waals surface area contributed by atoms with Gasteiger partial charge in [-0.2, -0.15) is 0 Å². The minimum absolute atomic E-state index is 0.0459. The third kappa shape index (κ3) is 2.23. The van der Waals surface area contributed by atoms with Crippen molar-refractivity contribution in [2.75, 3.05) is 6.61 Å². The number of carbonyl (C=O) groups is 2. The van der Waals surface area contributed by atoms with Crippen LogP contribution < -0.4 is 0 Å². The number of esters is 1. The van der Waals surface area contributed by atoms with Crippen molar-refractivity contribution >= 4 is 21.1 Å². The zero-order valence-electron chi connectivity index (χ0n) is 12.8. The number of fused-ring (bicyclic) bond motifs is 3.